The van der Waals surface area contributed by atoms with Crippen molar-refractivity contribution < 1.29 is 4.42 Å². The minimum atomic E-state index is 0.547. The lowest BCUT2D eigenvalue weighted by Gasteiger charge is -2.19. The van der Waals surface area contributed by atoms with Crippen LogP contribution in [-0.2, 0) is 13.0 Å². The van der Waals surface area contributed by atoms with Crippen molar-refractivity contribution in [1.82, 2.24) is 10.2 Å². The van der Waals surface area contributed by atoms with Crippen molar-refractivity contribution >= 4 is 0 Å². The Hall–Kier alpha value is -0.800. The van der Waals surface area contributed by atoms with Crippen LogP contribution in [0.15, 0.2) is 16.5 Å². The fourth-order valence-corrected chi connectivity index (χ4v) is 1.29. The van der Waals surface area contributed by atoms with E-state index >= 15 is 0 Å². The molecular formula is C12H22N2O. The van der Waals surface area contributed by atoms with Gasteiger partial charge in [-0.15, -0.1) is 0 Å². The first-order valence-corrected chi connectivity index (χ1v) is 5.58. The largest absolute Gasteiger partial charge is 0.465 e. The average molecular weight is 210 g/mol. The van der Waals surface area contributed by atoms with Crippen LogP contribution in [0.4, 0.5) is 0 Å². The quantitative estimate of drug-likeness (QED) is 0.777. The average Bonchev–Trinajstić information content (AvgIpc) is 2.65. The van der Waals surface area contributed by atoms with E-state index in [0.29, 0.717) is 6.04 Å². The third-order valence-corrected chi connectivity index (χ3v) is 2.69. The Kier molecular flexibility index (Phi) is 4.85. The molecule has 0 bridgehead atoms. The molecule has 1 heterocycles. The highest BCUT2D eigenvalue weighted by atomic mass is 16.3. The van der Waals surface area contributed by atoms with Crippen molar-refractivity contribution in [1.29, 1.82) is 0 Å². The van der Waals surface area contributed by atoms with E-state index in [1.807, 2.05) is 12.1 Å². The first kappa shape index (κ1) is 12.3. The molecule has 15 heavy (non-hydrogen) atoms. The van der Waals surface area contributed by atoms with Gasteiger partial charge in [0.1, 0.15) is 11.5 Å². The molecule has 1 N–H and O–H groups in total. The zero-order valence-corrected chi connectivity index (χ0v) is 10.2. The molecule has 1 unspecified atom stereocenters. The predicted molar refractivity (Wildman–Crippen MR) is 62.9 cm³/mol. The van der Waals surface area contributed by atoms with Crippen molar-refractivity contribution in [3.63, 3.8) is 0 Å². The lowest BCUT2D eigenvalue weighted by atomic mass is 10.3. The number of rotatable bonds is 6. The van der Waals surface area contributed by atoms with Gasteiger partial charge in [0.25, 0.3) is 0 Å². The van der Waals surface area contributed by atoms with Gasteiger partial charge in [0, 0.05) is 19.0 Å². The van der Waals surface area contributed by atoms with Gasteiger partial charge in [-0.2, -0.15) is 0 Å². The van der Waals surface area contributed by atoms with Crippen LogP contribution >= 0.6 is 0 Å². The van der Waals surface area contributed by atoms with Gasteiger partial charge < -0.3 is 14.6 Å². The molecule has 0 aliphatic rings. The van der Waals surface area contributed by atoms with Gasteiger partial charge in [-0.1, -0.05) is 6.92 Å². The van der Waals surface area contributed by atoms with E-state index in [9.17, 15) is 0 Å². The molecule has 86 valence electrons. The van der Waals surface area contributed by atoms with Crippen LogP contribution in [0.1, 0.15) is 25.4 Å². The van der Waals surface area contributed by atoms with Gasteiger partial charge in [-0.25, -0.2) is 0 Å². The molecular weight excluding hydrogens is 188 g/mol. The maximum Gasteiger partial charge on any atom is 0.117 e. The highest BCUT2D eigenvalue weighted by Crippen LogP contribution is 2.07. The molecule has 0 aliphatic carbocycles. The number of furan rings is 1. The molecule has 0 saturated carbocycles. The van der Waals surface area contributed by atoms with Crippen LogP contribution in [0.25, 0.3) is 0 Å². The molecule has 0 aliphatic heterocycles. The number of hydrogen-bond acceptors (Lipinski definition) is 3. The fourth-order valence-electron chi connectivity index (χ4n) is 1.29. The second-order valence-electron chi connectivity index (χ2n) is 4.17. The van der Waals surface area contributed by atoms with Crippen LogP contribution in [0, 0.1) is 0 Å². The molecule has 3 nitrogen and oxygen atoms in total. The van der Waals surface area contributed by atoms with E-state index in [4.69, 9.17) is 4.42 Å². The van der Waals surface area contributed by atoms with Crippen molar-refractivity contribution in [2.24, 2.45) is 0 Å². The minimum absolute atomic E-state index is 0.547. The standard InChI is InChI=1S/C12H22N2O/c1-5-11-6-7-12(15-11)9-13-8-10(2)14(3)4/h6-7,10,13H,5,8-9H2,1-4H3. The first-order chi connectivity index (χ1) is 7.13. The van der Waals surface area contributed by atoms with Crippen molar-refractivity contribution in [2.75, 3.05) is 20.6 Å². The van der Waals surface area contributed by atoms with Gasteiger partial charge in [-0.3, -0.25) is 0 Å². The molecule has 1 rings (SSSR count). The van der Waals surface area contributed by atoms with E-state index in [1.165, 1.54) is 0 Å². The van der Waals surface area contributed by atoms with Crippen molar-refractivity contribution in [3.8, 4) is 0 Å². The number of nitrogens with zero attached hydrogens (tertiary/aromatic N) is 1. The minimum Gasteiger partial charge on any atom is -0.465 e. The van der Waals surface area contributed by atoms with E-state index in [-0.39, 0.29) is 0 Å². The summed E-state index contributed by atoms with van der Waals surface area (Å²) < 4.78 is 5.60. The SMILES string of the molecule is CCc1ccc(CNCC(C)N(C)C)o1. The molecule has 0 radical (unpaired) electrons. The Balaban J connectivity index is 2.25. The summed E-state index contributed by atoms with van der Waals surface area (Å²) in [5, 5.41) is 3.38. The van der Waals surface area contributed by atoms with E-state index in [0.717, 1.165) is 31.0 Å². The Bertz CT molecular complexity index is 281. The molecule has 0 amide bonds. The summed E-state index contributed by atoms with van der Waals surface area (Å²) >= 11 is 0. The summed E-state index contributed by atoms with van der Waals surface area (Å²) in [7, 11) is 4.18. The van der Waals surface area contributed by atoms with Crippen LogP contribution in [0.5, 0.6) is 0 Å². The summed E-state index contributed by atoms with van der Waals surface area (Å²) in [5.41, 5.74) is 0. The van der Waals surface area contributed by atoms with Gasteiger partial charge in [-0.05, 0) is 33.2 Å². The highest BCUT2D eigenvalue weighted by Gasteiger charge is 2.04. The lowest BCUT2D eigenvalue weighted by Crippen LogP contribution is -2.35. The molecule has 0 aromatic carbocycles. The Labute approximate surface area is 92.5 Å². The summed E-state index contributed by atoms with van der Waals surface area (Å²) in [4.78, 5) is 2.20. The summed E-state index contributed by atoms with van der Waals surface area (Å²) in [6, 6.07) is 4.64. The van der Waals surface area contributed by atoms with Gasteiger partial charge >= 0.3 is 0 Å². The maximum absolute atomic E-state index is 5.60. The van der Waals surface area contributed by atoms with Crippen LogP contribution in [0.2, 0.25) is 0 Å². The molecule has 1 aromatic heterocycles. The van der Waals surface area contributed by atoms with Crippen LogP contribution in [0.3, 0.4) is 0 Å². The van der Waals surface area contributed by atoms with Gasteiger partial charge in [0.2, 0.25) is 0 Å². The Morgan fingerprint density at radius 2 is 2.00 bits per heavy atom. The molecule has 0 fully saturated rings. The fraction of sp³-hybridized carbons (Fsp3) is 0.667. The second-order valence-corrected chi connectivity index (χ2v) is 4.17. The zero-order chi connectivity index (χ0) is 11.3. The number of nitrogens with one attached hydrogen (secondary N) is 1. The topological polar surface area (TPSA) is 28.4 Å². The van der Waals surface area contributed by atoms with Crippen LogP contribution in [-0.4, -0.2) is 31.6 Å². The molecule has 1 atom stereocenters. The third-order valence-electron chi connectivity index (χ3n) is 2.69. The molecule has 0 spiro atoms. The van der Waals surface area contributed by atoms with E-state index in [1.54, 1.807) is 0 Å². The Morgan fingerprint density at radius 3 is 2.53 bits per heavy atom. The summed E-state index contributed by atoms with van der Waals surface area (Å²) in [5.74, 6) is 2.09. The summed E-state index contributed by atoms with van der Waals surface area (Å²) in [6.45, 7) is 6.10. The third kappa shape index (κ3) is 4.06. The number of aryl methyl sites for hydroxylation is 1. The first-order valence-electron chi connectivity index (χ1n) is 5.58. The number of likely N-dealkylation sites (N-methyl/N-ethyl adjacent to an activating group) is 1. The summed E-state index contributed by atoms with van der Waals surface area (Å²) in [6.07, 6.45) is 0.966. The number of hydrogen-bond donors (Lipinski definition) is 1. The second kappa shape index (κ2) is 5.93. The van der Waals surface area contributed by atoms with Crippen LogP contribution < -0.4 is 5.32 Å². The van der Waals surface area contributed by atoms with E-state index < -0.39 is 0 Å². The predicted octanol–water partition coefficient (Wildman–Crippen LogP) is 1.88. The van der Waals surface area contributed by atoms with Crippen molar-refractivity contribution in [3.05, 3.63) is 23.7 Å². The Morgan fingerprint density at radius 1 is 1.33 bits per heavy atom. The molecule has 0 saturated heterocycles. The van der Waals surface area contributed by atoms with Gasteiger partial charge in [0.05, 0.1) is 6.54 Å². The maximum atomic E-state index is 5.60. The van der Waals surface area contributed by atoms with Crippen molar-refractivity contribution in [2.45, 2.75) is 32.9 Å². The highest BCUT2D eigenvalue weighted by molar-refractivity contribution is 5.06. The smallest absolute Gasteiger partial charge is 0.117 e. The van der Waals surface area contributed by atoms with E-state index in [2.05, 4.69) is 38.2 Å². The zero-order valence-electron chi connectivity index (χ0n) is 10.2. The normalized spacial score (nSPS) is 13.4. The molecule has 3 heteroatoms. The lowest BCUT2D eigenvalue weighted by molar-refractivity contribution is 0.299. The molecule has 1 aromatic rings. The van der Waals surface area contributed by atoms with Gasteiger partial charge in [0.15, 0.2) is 0 Å². The monoisotopic (exact) mass is 210 g/mol.